The maximum atomic E-state index is 13.0. The van der Waals surface area contributed by atoms with Gasteiger partial charge in [-0.3, -0.25) is 15.0 Å². The third-order valence-corrected chi connectivity index (χ3v) is 6.08. The molecule has 0 radical (unpaired) electrons. The molecule has 0 unspecified atom stereocenters. The van der Waals surface area contributed by atoms with E-state index in [1.165, 1.54) is 17.3 Å². The fourth-order valence-corrected chi connectivity index (χ4v) is 4.01. The number of methoxy groups -OCH3 is 1. The van der Waals surface area contributed by atoms with Crippen molar-refractivity contribution in [1.82, 2.24) is 25.2 Å². The number of aromatic amines is 1. The second-order valence-electron chi connectivity index (χ2n) is 8.40. The van der Waals surface area contributed by atoms with Crippen LogP contribution in [-0.4, -0.2) is 76.8 Å². The number of nitriles is 1. The number of carbonyl (C=O) groups excluding carboxylic acids is 2. The SMILES string of the molecule is COCCNc1cc(Cl)ccc1C(=N)c1cnc2[nH]cc(C(=O)N[C@H](C)C(=O)N3CC(C#N)C3)c2n1. The van der Waals surface area contributed by atoms with E-state index >= 15 is 0 Å². The Morgan fingerprint density at radius 1 is 1.39 bits per heavy atom. The number of hydrogen-bond donors (Lipinski definition) is 4. The van der Waals surface area contributed by atoms with Gasteiger partial charge in [0.2, 0.25) is 5.91 Å². The number of nitrogens with one attached hydrogen (secondary N) is 4. The molecule has 186 valence electrons. The van der Waals surface area contributed by atoms with E-state index in [1.807, 2.05) is 0 Å². The molecule has 2 aromatic heterocycles. The van der Waals surface area contributed by atoms with Gasteiger partial charge in [-0.15, -0.1) is 0 Å². The number of carbonyl (C=O) groups is 2. The van der Waals surface area contributed by atoms with E-state index in [0.717, 1.165) is 0 Å². The molecule has 12 heteroatoms. The van der Waals surface area contributed by atoms with E-state index < -0.39 is 11.9 Å². The number of aromatic nitrogens is 3. The van der Waals surface area contributed by atoms with Gasteiger partial charge in [-0.05, 0) is 25.1 Å². The zero-order valence-corrected chi connectivity index (χ0v) is 20.5. The van der Waals surface area contributed by atoms with Crippen molar-refractivity contribution < 1.29 is 14.3 Å². The molecule has 4 N–H and O–H groups in total. The van der Waals surface area contributed by atoms with E-state index in [4.69, 9.17) is 27.0 Å². The van der Waals surface area contributed by atoms with Gasteiger partial charge < -0.3 is 25.3 Å². The number of hydrogen-bond acceptors (Lipinski definition) is 8. The number of rotatable bonds is 9. The van der Waals surface area contributed by atoms with Crippen LogP contribution in [0, 0.1) is 22.7 Å². The predicted molar refractivity (Wildman–Crippen MR) is 134 cm³/mol. The standard InChI is InChI=1S/C24H25ClN8O3/c1-13(24(35)33-11-14(8-26)12-33)31-23(34)17-9-29-22-21(17)32-19(10-30-22)20(27)16-4-3-15(25)7-18(16)28-5-6-36-2/h3-4,7,9-10,13-14,27-28H,5-6,11-12H2,1-2H3,(H,29,30)(H,31,34)/t13-/m1/s1. The predicted octanol–water partition coefficient (Wildman–Crippen LogP) is 2.19. The van der Waals surface area contributed by atoms with Gasteiger partial charge in [0, 0.05) is 49.2 Å². The minimum absolute atomic E-state index is 0.0990. The molecule has 1 aliphatic rings. The van der Waals surface area contributed by atoms with Crippen LogP contribution in [0.5, 0.6) is 0 Å². The van der Waals surface area contributed by atoms with Crippen molar-refractivity contribution in [2.45, 2.75) is 13.0 Å². The van der Waals surface area contributed by atoms with Crippen molar-refractivity contribution in [2.24, 2.45) is 5.92 Å². The highest BCUT2D eigenvalue weighted by Crippen LogP contribution is 2.24. The number of likely N-dealkylation sites (tertiary alicyclic amines) is 1. The third kappa shape index (κ3) is 5.15. The van der Waals surface area contributed by atoms with Crippen molar-refractivity contribution >= 4 is 46.0 Å². The van der Waals surface area contributed by atoms with Gasteiger partial charge in [-0.2, -0.15) is 5.26 Å². The van der Waals surface area contributed by atoms with Crippen LogP contribution in [0.15, 0.2) is 30.6 Å². The zero-order chi connectivity index (χ0) is 25.8. The molecule has 4 rings (SSSR count). The fraction of sp³-hybridized carbons (Fsp3) is 0.333. The summed E-state index contributed by atoms with van der Waals surface area (Å²) in [7, 11) is 1.60. The summed E-state index contributed by atoms with van der Waals surface area (Å²) in [5.41, 5.74) is 2.45. The second kappa shape index (κ2) is 10.7. The molecule has 2 amide bonds. The Kier molecular flexibility index (Phi) is 7.47. The molecular weight excluding hydrogens is 484 g/mol. The summed E-state index contributed by atoms with van der Waals surface area (Å²) in [6, 6.07) is 6.47. The Balaban J connectivity index is 1.54. The number of nitrogens with zero attached hydrogens (tertiary/aromatic N) is 4. The number of anilines is 1. The van der Waals surface area contributed by atoms with Gasteiger partial charge in [-0.25, -0.2) is 9.97 Å². The number of ether oxygens (including phenoxy) is 1. The van der Waals surface area contributed by atoms with Crippen molar-refractivity contribution in [3.05, 3.63) is 52.4 Å². The van der Waals surface area contributed by atoms with E-state index in [0.29, 0.717) is 48.2 Å². The lowest BCUT2D eigenvalue weighted by Crippen LogP contribution is -2.55. The Bertz CT molecular complexity index is 1360. The molecule has 3 aromatic rings. The largest absolute Gasteiger partial charge is 0.383 e. The molecule has 1 atom stereocenters. The first kappa shape index (κ1) is 25.1. The number of benzene rings is 1. The van der Waals surface area contributed by atoms with Gasteiger partial charge in [-0.1, -0.05) is 11.6 Å². The van der Waals surface area contributed by atoms with E-state index in [2.05, 4.69) is 31.7 Å². The summed E-state index contributed by atoms with van der Waals surface area (Å²) in [4.78, 5) is 38.8. The highest BCUT2D eigenvalue weighted by atomic mass is 35.5. The highest BCUT2D eigenvalue weighted by Gasteiger charge is 2.33. The van der Waals surface area contributed by atoms with Crippen LogP contribution in [0.2, 0.25) is 5.02 Å². The van der Waals surface area contributed by atoms with Crippen LogP contribution in [0.25, 0.3) is 11.2 Å². The van der Waals surface area contributed by atoms with E-state index in [9.17, 15) is 9.59 Å². The molecule has 0 spiro atoms. The van der Waals surface area contributed by atoms with Crippen LogP contribution < -0.4 is 10.6 Å². The monoisotopic (exact) mass is 508 g/mol. The summed E-state index contributed by atoms with van der Waals surface area (Å²) < 4.78 is 5.08. The number of amides is 2. The van der Waals surface area contributed by atoms with Crippen molar-refractivity contribution in [2.75, 3.05) is 38.7 Å². The average Bonchev–Trinajstić information content (AvgIpc) is 3.26. The number of halogens is 1. The van der Waals surface area contributed by atoms with Crippen molar-refractivity contribution in [1.29, 1.82) is 10.7 Å². The molecular formula is C24H25ClN8O3. The van der Waals surface area contributed by atoms with Crippen molar-refractivity contribution in [3.63, 3.8) is 0 Å². The maximum Gasteiger partial charge on any atom is 0.255 e. The lowest BCUT2D eigenvalue weighted by Gasteiger charge is -2.37. The molecule has 0 saturated carbocycles. The Morgan fingerprint density at radius 3 is 2.89 bits per heavy atom. The van der Waals surface area contributed by atoms with Gasteiger partial charge in [0.05, 0.1) is 36.1 Å². The molecule has 1 saturated heterocycles. The molecule has 11 nitrogen and oxygen atoms in total. The van der Waals surface area contributed by atoms with Crippen LogP contribution in [-0.2, 0) is 9.53 Å². The third-order valence-electron chi connectivity index (χ3n) is 5.85. The zero-order valence-electron chi connectivity index (χ0n) is 19.8. The minimum atomic E-state index is -0.772. The fourth-order valence-electron chi connectivity index (χ4n) is 3.84. The Morgan fingerprint density at radius 2 is 2.17 bits per heavy atom. The summed E-state index contributed by atoms with van der Waals surface area (Å²) in [6.45, 7) is 3.33. The Labute approximate surface area is 212 Å². The molecule has 3 heterocycles. The van der Waals surface area contributed by atoms with Gasteiger partial charge >= 0.3 is 0 Å². The first-order valence-electron chi connectivity index (χ1n) is 11.3. The molecule has 0 aliphatic carbocycles. The first-order chi connectivity index (χ1) is 17.3. The Hall–Kier alpha value is -4.01. The molecule has 1 fully saturated rings. The lowest BCUT2D eigenvalue weighted by atomic mass is 10.0. The van der Waals surface area contributed by atoms with Crippen LogP contribution in [0.3, 0.4) is 0 Å². The molecule has 1 aliphatic heterocycles. The van der Waals surface area contributed by atoms with E-state index in [-0.39, 0.29) is 34.3 Å². The average molecular weight is 509 g/mol. The minimum Gasteiger partial charge on any atom is -0.383 e. The summed E-state index contributed by atoms with van der Waals surface area (Å²) in [5.74, 6) is -0.906. The van der Waals surface area contributed by atoms with Crippen molar-refractivity contribution in [3.8, 4) is 6.07 Å². The van der Waals surface area contributed by atoms with Crippen LogP contribution in [0.4, 0.5) is 5.69 Å². The summed E-state index contributed by atoms with van der Waals surface area (Å²) in [5, 5.41) is 24.1. The van der Waals surface area contributed by atoms with Gasteiger partial charge in [0.1, 0.15) is 17.3 Å². The lowest BCUT2D eigenvalue weighted by molar-refractivity contribution is -0.137. The van der Waals surface area contributed by atoms with Gasteiger partial charge in [0.15, 0.2) is 5.65 Å². The summed E-state index contributed by atoms with van der Waals surface area (Å²) >= 11 is 6.15. The quantitative estimate of drug-likeness (QED) is 0.254. The first-order valence-corrected chi connectivity index (χ1v) is 11.6. The van der Waals surface area contributed by atoms with Crippen LogP contribution >= 0.6 is 11.6 Å². The summed E-state index contributed by atoms with van der Waals surface area (Å²) in [6.07, 6.45) is 2.93. The number of fused-ring (bicyclic) bond motifs is 1. The maximum absolute atomic E-state index is 13.0. The normalized spacial score (nSPS) is 14.1. The van der Waals surface area contributed by atoms with Crippen LogP contribution in [0.1, 0.15) is 28.5 Å². The number of H-pyrrole nitrogens is 1. The van der Waals surface area contributed by atoms with Gasteiger partial charge in [0.25, 0.3) is 5.91 Å². The highest BCUT2D eigenvalue weighted by molar-refractivity contribution is 6.31. The van der Waals surface area contributed by atoms with E-state index in [1.54, 1.807) is 32.2 Å². The molecule has 1 aromatic carbocycles. The second-order valence-corrected chi connectivity index (χ2v) is 8.84. The molecule has 36 heavy (non-hydrogen) atoms. The smallest absolute Gasteiger partial charge is 0.255 e. The molecule has 0 bridgehead atoms. The topological polar surface area (TPSA) is 160 Å².